The van der Waals surface area contributed by atoms with Gasteiger partial charge in [0.2, 0.25) is 5.13 Å². The van der Waals surface area contributed by atoms with Gasteiger partial charge in [-0.05, 0) is 12.8 Å². The molecule has 0 saturated carbocycles. The molecule has 1 atom stereocenters. The number of ether oxygens (including phenoxy) is 1. The molecule has 1 aromatic rings. The van der Waals surface area contributed by atoms with Crippen LogP contribution in [-0.4, -0.2) is 47.4 Å². The van der Waals surface area contributed by atoms with Crippen LogP contribution in [0, 0.1) is 0 Å². The van der Waals surface area contributed by atoms with E-state index in [1.165, 1.54) is 0 Å². The first-order valence-corrected chi connectivity index (χ1v) is 7.53. The van der Waals surface area contributed by atoms with Gasteiger partial charge in [0.25, 0.3) is 0 Å². The van der Waals surface area contributed by atoms with Gasteiger partial charge in [0.05, 0.1) is 19.8 Å². The zero-order valence-corrected chi connectivity index (χ0v) is 12.0. The van der Waals surface area contributed by atoms with E-state index in [9.17, 15) is 0 Å². The molecule has 18 heavy (non-hydrogen) atoms. The lowest BCUT2D eigenvalue weighted by Crippen LogP contribution is -2.44. The summed E-state index contributed by atoms with van der Waals surface area (Å²) in [4.78, 5) is 2.45. The van der Waals surface area contributed by atoms with E-state index in [2.05, 4.69) is 34.3 Å². The molecular formula is C12H22N4OS. The number of morpholine rings is 1. The Bertz CT molecular complexity index is 358. The molecule has 0 bridgehead atoms. The molecule has 1 aliphatic rings. The van der Waals surface area contributed by atoms with Crippen LogP contribution in [0.2, 0.25) is 0 Å². The Morgan fingerprint density at radius 2 is 2.33 bits per heavy atom. The summed E-state index contributed by atoms with van der Waals surface area (Å²) in [5.74, 6) is 0. The largest absolute Gasteiger partial charge is 0.378 e. The molecule has 2 heterocycles. The molecule has 0 radical (unpaired) electrons. The number of rotatable bonds is 6. The van der Waals surface area contributed by atoms with Gasteiger partial charge in [-0.3, -0.25) is 4.90 Å². The molecule has 102 valence electrons. The van der Waals surface area contributed by atoms with Crippen molar-refractivity contribution in [3.8, 4) is 0 Å². The van der Waals surface area contributed by atoms with E-state index >= 15 is 0 Å². The molecule has 1 saturated heterocycles. The number of hydrogen-bond donors (Lipinski definition) is 1. The molecule has 1 fully saturated rings. The summed E-state index contributed by atoms with van der Waals surface area (Å²) in [5.41, 5.74) is 0. The van der Waals surface area contributed by atoms with Gasteiger partial charge >= 0.3 is 0 Å². The normalized spacial score (nSPS) is 21.1. The molecule has 1 unspecified atom stereocenters. The quantitative estimate of drug-likeness (QED) is 0.856. The fourth-order valence-electron chi connectivity index (χ4n) is 2.07. The summed E-state index contributed by atoms with van der Waals surface area (Å²) in [5, 5.41) is 13.7. The molecule has 5 nitrogen and oxygen atoms in total. The van der Waals surface area contributed by atoms with Crippen molar-refractivity contribution in [1.82, 2.24) is 15.1 Å². The highest BCUT2D eigenvalue weighted by Crippen LogP contribution is 2.20. The second kappa shape index (κ2) is 7.01. The summed E-state index contributed by atoms with van der Waals surface area (Å²) < 4.78 is 5.51. The van der Waals surface area contributed by atoms with Gasteiger partial charge in [-0.2, -0.15) is 0 Å². The minimum Gasteiger partial charge on any atom is -0.378 e. The lowest BCUT2D eigenvalue weighted by Gasteiger charge is -2.34. The van der Waals surface area contributed by atoms with Gasteiger partial charge in [-0.25, -0.2) is 0 Å². The van der Waals surface area contributed by atoms with Crippen LogP contribution in [0.25, 0.3) is 0 Å². The molecule has 6 heteroatoms. The van der Waals surface area contributed by atoms with Crippen molar-refractivity contribution in [3.63, 3.8) is 0 Å². The second-order valence-electron chi connectivity index (χ2n) is 4.54. The topological polar surface area (TPSA) is 50.3 Å². The van der Waals surface area contributed by atoms with Crippen LogP contribution in [0.5, 0.6) is 0 Å². The van der Waals surface area contributed by atoms with Gasteiger partial charge in [0.15, 0.2) is 0 Å². The van der Waals surface area contributed by atoms with Crippen molar-refractivity contribution in [2.75, 3.05) is 31.6 Å². The molecule has 1 aliphatic heterocycles. The van der Waals surface area contributed by atoms with Crippen molar-refractivity contribution in [3.05, 3.63) is 5.01 Å². The predicted molar refractivity (Wildman–Crippen MR) is 74.0 cm³/mol. The van der Waals surface area contributed by atoms with E-state index in [1.54, 1.807) is 11.3 Å². The van der Waals surface area contributed by atoms with Crippen LogP contribution >= 0.6 is 11.3 Å². The highest BCUT2D eigenvalue weighted by Gasteiger charge is 2.22. The lowest BCUT2D eigenvalue weighted by molar-refractivity contribution is -0.0128. The smallest absolute Gasteiger partial charge is 0.205 e. The highest BCUT2D eigenvalue weighted by molar-refractivity contribution is 7.15. The summed E-state index contributed by atoms with van der Waals surface area (Å²) >= 11 is 1.66. The van der Waals surface area contributed by atoms with Crippen LogP contribution in [0.4, 0.5) is 5.13 Å². The third kappa shape index (κ3) is 3.63. The Balaban J connectivity index is 1.89. The van der Waals surface area contributed by atoms with Gasteiger partial charge in [-0.1, -0.05) is 25.2 Å². The van der Waals surface area contributed by atoms with Crippen molar-refractivity contribution in [1.29, 1.82) is 0 Å². The Morgan fingerprint density at radius 3 is 3.11 bits per heavy atom. The standard InChI is InChI=1S/C12H22N4OS/c1-3-5-13-12-15-14-11(18-12)8-16-6-7-17-9-10(16)4-2/h10H,3-9H2,1-2H3,(H,13,15). The number of nitrogens with zero attached hydrogens (tertiary/aromatic N) is 3. The highest BCUT2D eigenvalue weighted by atomic mass is 32.1. The second-order valence-corrected chi connectivity index (χ2v) is 5.60. The van der Waals surface area contributed by atoms with E-state index in [4.69, 9.17) is 4.74 Å². The molecular weight excluding hydrogens is 248 g/mol. The summed E-state index contributed by atoms with van der Waals surface area (Å²) in [7, 11) is 0. The predicted octanol–water partition coefficient (Wildman–Crippen LogP) is 1.97. The van der Waals surface area contributed by atoms with E-state index in [0.29, 0.717) is 6.04 Å². The Labute approximate surface area is 113 Å². The number of aromatic nitrogens is 2. The number of nitrogens with one attached hydrogen (secondary N) is 1. The van der Waals surface area contributed by atoms with E-state index in [-0.39, 0.29) is 0 Å². The fourth-order valence-corrected chi connectivity index (χ4v) is 2.86. The Kier molecular flexibility index (Phi) is 5.34. The Morgan fingerprint density at radius 1 is 1.44 bits per heavy atom. The first kappa shape index (κ1) is 13.7. The van der Waals surface area contributed by atoms with E-state index < -0.39 is 0 Å². The average Bonchev–Trinajstić information content (AvgIpc) is 2.84. The molecule has 0 spiro atoms. The first-order chi connectivity index (χ1) is 8.83. The van der Waals surface area contributed by atoms with Crippen molar-refractivity contribution < 1.29 is 4.74 Å². The summed E-state index contributed by atoms with van der Waals surface area (Å²) in [6, 6.07) is 0.523. The van der Waals surface area contributed by atoms with Crippen LogP contribution in [0.1, 0.15) is 31.7 Å². The third-order valence-corrected chi connectivity index (χ3v) is 4.02. The molecule has 1 aromatic heterocycles. The van der Waals surface area contributed by atoms with Crippen LogP contribution in [0.15, 0.2) is 0 Å². The van der Waals surface area contributed by atoms with Crippen LogP contribution in [-0.2, 0) is 11.3 Å². The number of anilines is 1. The maximum atomic E-state index is 5.51. The summed E-state index contributed by atoms with van der Waals surface area (Å²) in [6.45, 7) is 8.88. The van der Waals surface area contributed by atoms with Crippen LogP contribution in [0.3, 0.4) is 0 Å². The van der Waals surface area contributed by atoms with Crippen LogP contribution < -0.4 is 5.32 Å². The molecule has 1 N–H and O–H groups in total. The van der Waals surface area contributed by atoms with Gasteiger partial charge in [0.1, 0.15) is 5.01 Å². The fraction of sp³-hybridized carbons (Fsp3) is 0.833. The minimum absolute atomic E-state index is 0.523. The Hall–Kier alpha value is -0.720. The van der Waals surface area contributed by atoms with Crippen molar-refractivity contribution in [2.45, 2.75) is 39.3 Å². The summed E-state index contributed by atoms with van der Waals surface area (Å²) in [6.07, 6.45) is 2.23. The maximum Gasteiger partial charge on any atom is 0.205 e. The zero-order valence-electron chi connectivity index (χ0n) is 11.2. The average molecular weight is 270 g/mol. The maximum absolute atomic E-state index is 5.51. The monoisotopic (exact) mass is 270 g/mol. The van der Waals surface area contributed by atoms with Gasteiger partial charge in [-0.15, -0.1) is 10.2 Å². The number of hydrogen-bond acceptors (Lipinski definition) is 6. The molecule has 2 rings (SSSR count). The van der Waals surface area contributed by atoms with E-state index in [1.807, 2.05) is 0 Å². The van der Waals surface area contributed by atoms with Gasteiger partial charge < -0.3 is 10.1 Å². The molecule has 0 amide bonds. The van der Waals surface area contributed by atoms with Crippen molar-refractivity contribution >= 4 is 16.5 Å². The molecule has 0 aromatic carbocycles. The SMILES string of the molecule is CCCNc1nnc(CN2CCOCC2CC)s1. The van der Waals surface area contributed by atoms with Crippen molar-refractivity contribution in [2.24, 2.45) is 0 Å². The third-order valence-electron chi connectivity index (χ3n) is 3.15. The zero-order chi connectivity index (χ0) is 12.8. The first-order valence-electron chi connectivity index (χ1n) is 6.71. The lowest BCUT2D eigenvalue weighted by atomic mass is 10.2. The van der Waals surface area contributed by atoms with E-state index in [0.717, 1.165) is 55.8 Å². The molecule has 0 aliphatic carbocycles. The van der Waals surface area contributed by atoms with Gasteiger partial charge in [0, 0.05) is 19.1 Å². The minimum atomic E-state index is 0.523.